The third-order valence-electron chi connectivity index (χ3n) is 0.722. The van der Waals surface area contributed by atoms with Crippen LogP contribution in [0.25, 0.3) is 0 Å². The molecule has 3 N–H and O–H groups in total. The molecule has 5 heteroatoms. The molecule has 0 aromatic heterocycles. The number of primary amides is 1. The molecule has 58 valence electrons. The van der Waals surface area contributed by atoms with Crippen molar-refractivity contribution in [2.45, 2.75) is 13.3 Å². The lowest BCUT2D eigenvalue weighted by Gasteiger charge is -1.99. The van der Waals surface area contributed by atoms with Gasteiger partial charge in [0.1, 0.15) is 0 Å². The minimum atomic E-state index is -0.614. The van der Waals surface area contributed by atoms with E-state index in [4.69, 9.17) is 5.73 Å². The van der Waals surface area contributed by atoms with E-state index < -0.39 is 5.91 Å². The lowest BCUT2D eigenvalue weighted by Crippen LogP contribution is -2.28. The summed E-state index contributed by atoms with van der Waals surface area (Å²) in [5.41, 5.74) is 6.73. The largest absolute Gasteiger partial charge is 0.368 e. The number of hydrogen-bond donors (Lipinski definition) is 2. The smallest absolute Gasteiger partial charge is 0.246 e. The monoisotopic (exact) mass is 146 g/mol. The van der Waals surface area contributed by atoms with Crippen LogP contribution in [0.4, 0.5) is 0 Å². The predicted octanol–water partition coefficient (Wildman–Crippen LogP) is -1.07. The maximum Gasteiger partial charge on any atom is 0.246 e. The van der Waals surface area contributed by atoms with Gasteiger partial charge in [-0.15, -0.1) is 0 Å². The molecule has 0 aliphatic rings. The molecule has 0 aliphatic heterocycles. The standard InChI is InChI=1S/C5H10N2O3/c1-2-5(9)7-10-3-4(6)8/h2-3H2,1H3,(H2,6,8)(H,7,9). The van der Waals surface area contributed by atoms with E-state index >= 15 is 0 Å². The van der Waals surface area contributed by atoms with Crippen molar-refractivity contribution in [3.8, 4) is 0 Å². The molecule has 0 unspecified atom stereocenters. The predicted molar refractivity (Wildman–Crippen MR) is 33.6 cm³/mol. The first-order chi connectivity index (χ1) is 4.66. The summed E-state index contributed by atoms with van der Waals surface area (Å²) >= 11 is 0. The van der Waals surface area contributed by atoms with Crippen molar-refractivity contribution >= 4 is 11.8 Å². The van der Waals surface area contributed by atoms with Gasteiger partial charge in [0.2, 0.25) is 11.8 Å². The van der Waals surface area contributed by atoms with E-state index in [1.807, 2.05) is 5.48 Å². The third-order valence-corrected chi connectivity index (χ3v) is 0.722. The van der Waals surface area contributed by atoms with Crippen molar-refractivity contribution in [2.75, 3.05) is 6.61 Å². The number of amides is 2. The number of nitrogens with two attached hydrogens (primary N) is 1. The SMILES string of the molecule is CCC(=O)NOCC(N)=O. The van der Waals surface area contributed by atoms with E-state index in [0.717, 1.165) is 0 Å². The van der Waals surface area contributed by atoms with Crippen molar-refractivity contribution < 1.29 is 14.4 Å². The van der Waals surface area contributed by atoms with Gasteiger partial charge in [-0.2, -0.15) is 0 Å². The highest BCUT2D eigenvalue weighted by atomic mass is 16.7. The van der Waals surface area contributed by atoms with E-state index in [-0.39, 0.29) is 12.5 Å². The van der Waals surface area contributed by atoms with E-state index in [1.54, 1.807) is 6.92 Å². The molecular weight excluding hydrogens is 136 g/mol. The number of nitrogens with one attached hydrogen (secondary N) is 1. The van der Waals surface area contributed by atoms with E-state index in [9.17, 15) is 9.59 Å². The van der Waals surface area contributed by atoms with Gasteiger partial charge < -0.3 is 5.73 Å². The summed E-state index contributed by atoms with van der Waals surface area (Å²) in [6.07, 6.45) is 0.318. The van der Waals surface area contributed by atoms with Gasteiger partial charge >= 0.3 is 0 Å². The fourth-order valence-electron chi connectivity index (χ4n) is 0.260. The lowest BCUT2D eigenvalue weighted by atomic mass is 10.5. The molecule has 0 aromatic rings. The maximum atomic E-state index is 10.4. The van der Waals surface area contributed by atoms with Crippen molar-refractivity contribution in [2.24, 2.45) is 5.73 Å². The number of carbonyl (C=O) groups is 2. The summed E-state index contributed by atoms with van der Waals surface area (Å²) in [5.74, 6) is -0.891. The molecule has 0 rings (SSSR count). The molecule has 0 atom stereocenters. The quantitative estimate of drug-likeness (QED) is 0.495. The van der Waals surface area contributed by atoms with Crippen LogP contribution in [0, 0.1) is 0 Å². The van der Waals surface area contributed by atoms with Crippen molar-refractivity contribution in [3.63, 3.8) is 0 Å². The first kappa shape index (κ1) is 8.90. The fraction of sp³-hybridized carbons (Fsp3) is 0.600. The number of hydroxylamine groups is 1. The van der Waals surface area contributed by atoms with E-state index in [2.05, 4.69) is 4.84 Å². The summed E-state index contributed by atoms with van der Waals surface area (Å²) < 4.78 is 0. The van der Waals surface area contributed by atoms with Crippen LogP contribution in [0.2, 0.25) is 0 Å². The Morgan fingerprint density at radius 1 is 1.60 bits per heavy atom. The molecule has 0 aliphatic carbocycles. The molecule has 0 fully saturated rings. The second-order valence-corrected chi connectivity index (χ2v) is 1.63. The fourth-order valence-corrected chi connectivity index (χ4v) is 0.260. The summed E-state index contributed by atoms with van der Waals surface area (Å²) in [6, 6.07) is 0. The van der Waals surface area contributed by atoms with Gasteiger partial charge in [0.05, 0.1) is 0 Å². The average Bonchev–Trinajstić information content (AvgIpc) is 1.87. The van der Waals surface area contributed by atoms with Crippen LogP contribution >= 0.6 is 0 Å². The van der Waals surface area contributed by atoms with Crippen LogP contribution in [0.15, 0.2) is 0 Å². The van der Waals surface area contributed by atoms with Crippen LogP contribution in [0.1, 0.15) is 13.3 Å². The summed E-state index contributed by atoms with van der Waals surface area (Å²) in [5, 5.41) is 0. The molecule has 0 bridgehead atoms. The molecule has 0 aromatic carbocycles. The maximum absolute atomic E-state index is 10.4. The minimum Gasteiger partial charge on any atom is -0.368 e. The minimum absolute atomic E-state index is 0.277. The first-order valence-electron chi connectivity index (χ1n) is 2.85. The van der Waals surface area contributed by atoms with Crippen molar-refractivity contribution in [1.82, 2.24) is 5.48 Å². The average molecular weight is 146 g/mol. The Morgan fingerprint density at radius 2 is 2.20 bits per heavy atom. The van der Waals surface area contributed by atoms with Crippen LogP contribution < -0.4 is 11.2 Å². The Balaban J connectivity index is 3.20. The van der Waals surface area contributed by atoms with Crippen LogP contribution in [-0.2, 0) is 14.4 Å². The molecule has 5 nitrogen and oxygen atoms in total. The van der Waals surface area contributed by atoms with Gasteiger partial charge in [0.25, 0.3) is 0 Å². The van der Waals surface area contributed by atoms with Crippen LogP contribution in [0.3, 0.4) is 0 Å². The molecular formula is C5H10N2O3. The Kier molecular flexibility index (Phi) is 4.23. The van der Waals surface area contributed by atoms with Crippen molar-refractivity contribution in [3.05, 3.63) is 0 Å². The highest BCUT2D eigenvalue weighted by Gasteiger charge is 1.96. The topological polar surface area (TPSA) is 81.4 Å². The summed E-state index contributed by atoms with van der Waals surface area (Å²) in [6.45, 7) is 1.38. The van der Waals surface area contributed by atoms with Crippen LogP contribution in [0.5, 0.6) is 0 Å². The lowest BCUT2D eigenvalue weighted by molar-refractivity contribution is -0.137. The third kappa shape index (κ3) is 5.04. The molecule has 0 saturated heterocycles. The van der Waals surface area contributed by atoms with Gasteiger partial charge in [0, 0.05) is 6.42 Å². The Bertz CT molecular complexity index is 135. The Hall–Kier alpha value is -1.10. The number of carbonyl (C=O) groups excluding carboxylic acids is 2. The number of rotatable bonds is 4. The van der Waals surface area contributed by atoms with E-state index in [1.165, 1.54) is 0 Å². The summed E-state index contributed by atoms with van der Waals surface area (Å²) in [7, 11) is 0. The molecule has 10 heavy (non-hydrogen) atoms. The van der Waals surface area contributed by atoms with Gasteiger partial charge in [-0.05, 0) is 0 Å². The normalized spacial score (nSPS) is 8.90. The Morgan fingerprint density at radius 3 is 2.60 bits per heavy atom. The molecule has 0 saturated carbocycles. The Labute approximate surface area is 58.5 Å². The molecule has 0 heterocycles. The zero-order chi connectivity index (χ0) is 7.98. The van der Waals surface area contributed by atoms with Gasteiger partial charge in [-0.25, -0.2) is 5.48 Å². The van der Waals surface area contributed by atoms with Crippen LogP contribution in [-0.4, -0.2) is 18.4 Å². The highest BCUT2D eigenvalue weighted by molar-refractivity contribution is 5.76. The summed E-state index contributed by atoms with van der Waals surface area (Å²) in [4.78, 5) is 24.8. The zero-order valence-electron chi connectivity index (χ0n) is 5.72. The zero-order valence-corrected chi connectivity index (χ0v) is 5.72. The molecule has 2 amide bonds. The molecule has 0 radical (unpaired) electrons. The first-order valence-corrected chi connectivity index (χ1v) is 2.85. The highest BCUT2D eigenvalue weighted by Crippen LogP contribution is 1.74. The second-order valence-electron chi connectivity index (χ2n) is 1.63. The number of hydrogen-bond acceptors (Lipinski definition) is 3. The van der Waals surface area contributed by atoms with Gasteiger partial charge in [-0.3, -0.25) is 14.4 Å². The van der Waals surface area contributed by atoms with Crippen molar-refractivity contribution in [1.29, 1.82) is 0 Å². The van der Waals surface area contributed by atoms with Gasteiger partial charge in [0.15, 0.2) is 6.61 Å². The van der Waals surface area contributed by atoms with Gasteiger partial charge in [-0.1, -0.05) is 6.92 Å². The van der Waals surface area contributed by atoms with E-state index in [0.29, 0.717) is 6.42 Å². The molecule has 0 spiro atoms. The second kappa shape index (κ2) is 4.75.